The molecule has 3 aromatic rings. The molecule has 2 aromatic heterocycles. The summed E-state index contributed by atoms with van der Waals surface area (Å²) in [6.45, 7) is 1.85. The Kier molecular flexibility index (Phi) is 3.94. The fourth-order valence-corrected chi connectivity index (χ4v) is 2.44. The molecule has 0 fully saturated rings. The number of rotatable bonds is 3. The topological polar surface area (TPSA) is 81.7 Å². The van der Waals surface area contributed by atoms with E-state index < -0.39 is 0 Å². The van der Waals surface area contributed by atoms with E-state index in [0.717, 1.165) is 11.4 Å². The Labute approximate surface area is 137 Å². The Balaban J connectivity index is 1.92. The number of aromatic nitrogens is 5. The molecule has 1 aromatic carbocycles. The molecule has 0 aliphatic heterocycles. The van der Waals surface area contributed by atoms with Crippen LogP contribution < -0.4 is 16.3 Å². The van der Waals surface area contributed by atoms with Crippen molar-refractivity contribution in [2.75, 3.05) is 10.7 Å². The second kappa shape index (κ2) is 6.05. The number of nitrogens with one attached hydrogen (secondary N) is 2. The summed E-state index contributed by atoms with van der Waals surface area (Å²) >= 11 is 5.22. The van der Waals surface area contributed by atoms with Crippen LogP contribution in [0, 0.1) is 6.92 Å². The fraction of sp³-hybridized carbons (Fsp3) is 0.143. The van der Waals surface area contributed by atoms with Gasteiger partial charge in [-0.25, -0.2) is 9.36 Å². The molecule has 3 rings (SSSR count). The number of para-hydroxylation sites is 1. The summed E-state index contributed by atoms with van der Waals surface area (Å²) in [5.74, 6) is 0. The molecule has 0 spiro atoms. The van der Waals surface area contributed by atoms with Crippen LogP contribution >= 0.6 is 12.2 Å². The SMILES string of the molecule is Cc1c(NC(=S)Nn2cnnc2)c(=O)n(-c2ccccc2)n1C. The highest BCUT2D eigenvalue weighted by atomic mass is 32.1. The van der Waals surface area contributed by atoms with Crippen LogP contribution in [0.2, 0.25) is 0 Å². The van der Waals surface area contributed by atoms with Gasteiger partial charge in [0.1, 0.15) is 18.3 Å². The molecule has 0 aliphatic carbocycles. The van der Waals surface area contributed by atoms with E-state index in [1.807, 2.05) is 44.3 Å². The van der Waals surface area contributed by atoms with Crippen LogP contribution in [0.25, 0.3) is 5.69 Å². The molecule has 0 saturated heterocycles. The van der Waals surface area contributed by atoms with Crippen molar-refractivity contribution in [3.8, 4) is 5.69 Å². The highest BCUT2D eigenvalue weighted by molar-refractivity contribution is 7.80. The third-order valence-electron chi connectivity index (χ3n) is 3.44. The van der Waals surface area contributed by atoms with E-state index >= 15 is 0 Å². The zero-order valence-electron chi connectivity index (χ0n) is 12.6. The minimum absolute atomic E-state index is 0.177. The normalized spacial score (nSPS) is 10.5. The second-order valence-corrected chi connectivity index (χ2v) is 5.28. The Morgan fingerprint density at radius 1 is 1.17 bits per heavy atom. The van der Waals surface area contributed by atoms with Crippen molar-refractivity contribution in [3.63, 3.8) is 0 Å². The summed E-state index contributed by atoms with van der Waals surface area (Å²) in [6, 6.07) is 9.42. The molecule has 0 bridgehead atoms. The van der Waals surface area contributed by atoms with Gasteiger partial charge < -0.3 is 5.32 Å². The van der Waals surface area contributed by atoms with E-state index in [2.05, 4.69) is 20.9 Å². The first-order valence-corrected chi connectivity index (χ1v) is 7.25. The molecule has 9 heteroatoms. The van der Waals surface area contributed by atoms with Gasteiger partial charge in [-0.1, -0.05) is 18.2 Å². The summed E-state index contributed by atoms with van der Waals surface area (Å²) in [5, 5.41) is 10.5. The van der Waals surface area contributed by atoms with Gasteiger partial charge in [0.05, 0.1) is 11.4 Å². The minimum Gasteiger partial charge on any atom is -0.325 e. The monoisotopic (exact) mass is 329 g/mol. The average molecular weight is 329 g/mol. The molecule has 0 saturated carbocycles. The molecule has 0 radical (unpaired) electrons. The van der Waals surface area contributed by atoms with Crippen molar-refractivity contribution >= 4 is 23.0 Å². The highest BCUT2D eigenvalue weighted by Gasteiger charge is 2.16. The number of hydrogen-bond acceptors (Lipinski definition) is 4. The van der Waals surface area contributed by atoms with Gasteiger partial charge in [-0.05, 0) is 31.3 Å². The number of thiocarbonyl (C=S) groups is 1. The molecular formula is C14H15N7OS. The van der Waals surface area contributed by atoms with Crippen LogP contribution in [-0.2, 0) is 7.05 Å². The van der Waals surface area contributed by atoms with Gasteiger partial charge in [0.15, 0.2) is 5.11 Å². The first-order chi connectivity index (χ1) is 11.1. The molecule has 23 heavy (non-hydrogen) atoms. The molecule has 118 valence electrons. The zero-order valence-corrected chi connectivity index (χ0v) is 13.4. The van der Waals surface area contributed by atoms with Crippen molar-refractivity contribution in [1.82, 2.24) is 24.2 Å². The van der Waals surface area contributed by atoms with E-state index in [4.69, 9.17) is 12.2 Å². The van der Waals surface area contributed by atoms with Crippen LogP contribution in [0.5, 0.6) is 0 Å². The van der Waals surface area contributed by atoms with Gasteiger partial charge in [0.2, 0.25) is 0 Å². The van der Waals surface area contributed by atoms with Gasteiger partial charge in [-0.2, -0.15) is 0 Å². The largest absolute Gasteiger partial charge is 0.325 e. The second-order valence-electron chi connectivity index (χ2n) is 4.87. The van der Waals surface area contributed by atoms with Gasteiger partial charge in [0, 0.05) is 7.05 Å². The maximum atomic E-state index is 12.7. The van der Waals surface area contributed by atoms with E-state index in [0.29, 0.717) is 5.69 Å². The summed E-state index contributed by atoms with van der Waals surface area (Å²) in [7, 11) is 1.82. The van der Waals surface area contributed by atoms with Crippen molar-refractivity contribution < 1.29 is 0 Å². The maximum absolute atomic E-state index is 12.7. The van der Waals surface area contributed by atoms with Crippen molar-refractivity contribution in [2.24, 2.45) is 7.05 Å². The molecule has 8 nitrogen and oxygen atoms in total. The van der Waals surface area contributed by atoms with E-state index in [1.54, 1.807) is 9.36 Å². The van der Waals surface area contributed by atoms with Gasteiger partial charge in [0.25, 0.3) is 5.56 Å². The third-order valence-corrected chi connectivity index (χ3v) is 3.64. The maximum Gasteiger partial charge on any atom is 0.295 e. The highest BCUT2D eigenvalue weighted by Crippen LogP contribution is 2.13. The molecular weight excluding hydrogens is 314 g/mol. The van der Waals surface area contributed by atoms with Crippen molar-refractivity contribution in [3.05, 3.63) is 59.0 Å². The Morgan fingerprint density at radius 3 is 2.48 bits per heavy atom. The number of hydrogen-bond donors (Lipinski definition) is 2. The van der Waals surface area contributed by atoms with Crippen LogP contribution in [0.15, 0.2) is 47.8 Å². The smallest absolute Gasteiger partial charge is 0.295 e. The first kappa shape index (κ1) is 15.0. The van der Waals surface area contributed by atoms with Gasteiger partial charge >= 0.3 is 0 Å². The lowest BCUT2D eigenvalue weighted by molar-refractivity contribution is 0.630. The number of benzene rings is 1. The molecule has 2 heterocycles. The van der Waals surface area contributed by atoms with E-state index in [-0.39, 0.29) is 10.7 Å². The van der Waals surface area contributed by atoms with Crippen LogP contribution in [0.1, 0.15) is 5.69 Å². The Morgan fingerprint density at radius 2 is 1.83 bits per heavy atom. The molecule has 0 amide bonds. The van der Waals surface area contributed by atoms with Crippen molar-refractivity contribution in [2.45, 2.75) is 6.92 Å². The average Bonchev–Trinajstić information content (AvgIpc) is 3.12. The van der Waals surface area contributed by atoms with Crippen LogP contribution in [0.4, 0.5) is 5.69 Å². The fourth-order valence-electron chi connectivity index (χ4n) is 2.23. The van der Waals surface area contributed by atoms with E-state index in [9.17, 15) is 4.79 Å². The predicted molar refractivity (Wildman–Crippen MR) is 91.4 cm³/mol. The lowest BCUT2D eigenvalue weighted by Crippen LogP contribution is -2.29. The summed E-state index contributed by atoms with van der Waals surface area (Å²) in [6.07, 6.45) is 2.93. The summed E-state index contributed by atoms with van der Waals surface area (Å²) in [4.78, 5) is 12.7. The van der Waals surface area contributed by atoms with Gasteiger partial charge in [-0.15, -0.1) is 10.2 Å². The quantitative estimate of drug-likeness (QED) is 0.698. The molecule has 2 N–H and O–H groups in total. The lowest BCUT2D eigenvalue weighted by Gasteiger charge is -2.08. The minimum atomic E-state index is -0.177. The standard InChI is InChI=1S/C14H15N7OS/c1-10-12(17-14(23)18-20-8-15-16-9-20)13(22)21(19(10)2)11-6-4-3-5-7-11/h3-9H,1-2H3,(H2,17,18,23). The number of anilines is 1. The lowest BCUT2D eigenvalue weighted by atomic mass is 10.3. The number of nitrogens with zero attached hydrogens (tertiary/aromatic N) is 5. The molecule has 0 aliphatic rings. The zero-order chi connectivity index (χ0) is 16.4. The van der Waals surface area contributed by atoms with Crippen LogP contribution in [-0.4, -0.2) is 29.3 Å². The van der Waals surface area contributed by atoms with E-state index in [1.165, 1.54) is 17.3 Å². The Hall–Kier alpha value is -2.94. The van der Waals surface area contributed by atoms with Crippen molar-refractivity contribution in [1.29, 1.82) is 0 Å². The summed E-state index contributed by atoms with van der Waals surface area (Å²) < 4.78 is 4.85. The van der Waals surface area contributed by atoms with Gasteiger partial charge in [-0.3, -0.25) is 14.9 Å². The Bertz CT molecular complexity index is 880. The predicted octanol–water partition coefficient (Wildman–Crippen LogP) is 1.02. The molecule has 0 atom stereocenters. The first-order valence-electron chi connectivity index (χ1n) is 6.84. The summed E-state index contributed by atoms with van der Waals surface area (Å²) in [5.41, 5.74) is 4.65. The van der Waals surface area contributed by atoms with Crippen LogP contribution in [0.3, 0.4) is 0 Å². The third kappa shape index (κ3) is 2.86. The molecule has 0 unspecified atom stereocenters.